The van der Waals surface area contributed by atoms with Gasteiger partial charge in [0.05, 0.1) is 0 Å². The van der Waals surface area contributed by atoms with Gasteiger partial charge >= 0.3 is 0 Å². The molecule has 1 amide bonds. The van der Waals surface area contributed by atoms with Crippen LogP contribution in [0.25, 0.3) is 0 Å². The minimum atomic E-state index is -0.475. The molecule has 1 aromatic heterocycles. The van der Waals surface area contributed by atoms with Crippen LogP contribution in [-0.4, -0.2) is 52.6 Å². The maximum atomic E-state index is 12.5. The molecule has 24 heavy (non-hydrogen) atoms. The fraction of sp³-hybridized carbons (Fsp3) is 0.412. The van der Waals surface area contributed by atoms with Gasteiger partial charge in [-0.1, -0.05) is 18.2 Å². The van der Waals surface area contributed by atoms with Crippen LogP contribution in [0, 0.1) is 0 Å². The summed E-state index contributed by atoms with van der Waals surface area (Å²) in [7, 11) is 1.98. The molecule has 0 radical (unpaired) electrons. The van der Waals surface area contributed by atoms with Crippen LogP contribution in [-0.2, 0) is 11.8 Å². The third-order valence-electron chi connectivity index (χ3n) is 4.07. The SMILES string of the molecule is CC(Oc1ccccc1)C(=O)N1CCN(c2nccn2C)CC1.Cl. The minimum Gasteiger partial charge on any atom is -0.481 e. The highest BCUT2D eigenvalue weighted by atomic mass is 35.5. The molecule has 2 aromatic rings. The van der Waals surface area contributed by atoms with E-state index in [2.05, 4.69) is 9.88 Å². The first-order chi connectivity index (χ1) is 11.1. The average Bonchev–Trinajstić information content (AvgIpc) is 3.01. The molecule has 1 saturated heterocycles. The highest BCUT2D eigenvalue weighted by molar-refractivity contribution is 5.85. The fourth-order valence-corrected chi connectivity index (χ4v) is 2.80. The quantitative estimate of drug-likeness (QED) is 0.845. The normalized spacial score (nSPS) is 15.6. The Morgan fingerprint density at radius 1 is 1.17 bits per heavy atom. The van der Waals surface area contributed by atoms with E-state index in [0.717, 1.165) is 24.8 Å². The summed E-state index contributed by atoms with van der Waals surface area (Å²) in [4.78, 5) is 21.0. The average molecular weight is 351 g/mol. The molecule has 1 aliphatic heterocycles. The third-order valence-corrected chi connectivity index (χ3v) is 4.07. The van der Waals surface area contributed by atoms with Gasteiger partial charge in [-0.2, -0.15) is 0 Å². The second-order valence-corrected chi connectivity index (χ2v) is 5.72. The van der Waals surface area contributed by atoms with Crippen LogP contribution in [0.1, 0.15) is 6.92 Å². The van der Waals surface area contributed by atoms with Crippen LogP contribution in [0.15, 0.2) is 42.7 Å². The van der Waals surface area contributed by atoms with Crippen molar-refractivity contribution in [3.8, 4) is 5.75 Å². The van der Waals surface area contributed by atoms with Crippen LogP contribution in [0.5, 0.6) is 5.75 Å². The number of para-hydroxylation sites is 1. The van der Waals surface area contributed by atoms with Gasteiger partial charge in [-0.15, -0.1) is 12.4 Å². The largest absolute Gasteiger partial charge is 0.481 e. The Bertz CT molecular complexity index is 654. The Hall–Kier alpha value is -2.21. The van der Waals surface area contributed by atoms with E-state index in [0.29, 0.717) is 13.1 Å². The van der Waals surface area contributed by atoms with Gasteiger partial charge in [0.15, 0.2) is 6.10 Å². The van der Waals surface area contributed by atoms with E-state index >= 15 is 0 Å². The fourth-order valence-electron chi connectivity index (χ4n) is 2.80. The van der Waals surface area contributed by atoms with Crippen molar-refractivity contribution in [2.24, 2.45) is 7.05 Å². The first-order valence-electron chi connectivity index (χ1n) is 7.88. The number of piperazine rings is 1. The summed E-state index contributed by atoms with van der Waals surface area (Å²) >= 11 is 0. The number of hydrogen-bond donors (Lipinski definition) is 0. The molecule has 3 rings (SSSR count). The molecule has 0 bridgehead atoms. The van der Waals surface area contributed by atoms with Gasteiger partial charge in [-0.25, -0.2) is 4.98 Å². The number of nitrogens with zero attached hydrogens (tertiary/aromatic N) is 4. The molecule has 0 aliphatic carbocycles. The molecule has 1 aromatic carbocycles. The smallest absolute Gasteiger partial charge is 0.263 e. The highest BCUT2D eigenvalue weighted by Gasteiger charge is 2.27. The Labute approximate surface area is 148 Å². The van der Waals surface area contributed by atoms with Crippen molar-refractivity contribution < 1.29 is 9.53 Å². The molecule has 0 saturated carbocycles. The number of amides is 1. The summed E-state index contributed by atoms with van der Waals surface area (Å²) in [6.07, 6.45) is 3.25. The lowest BCUT2D eigenvalue weighted by molar-refractivity contribution is -0.138. The molecule has 0 N–H and O–H groups in total. The van der Waals surface area contributed by atoms with Crippen LogP contribution in [0.4, 0.5) is 5.95 Å². The number of ether oxygens (including phenoxy) is 1. The number of carbonyl (C=O) groups is 1. The molecule has 1 fully saturated rings. The number of benzene rings is 1. The minimum absolute atomic E-state index is 0. The summed E-state index contributed by atoms with van der Waals surface area (Å²) in [5.74, 6) is 1.71. The van der Waals surface area contributed by atoms with Gasteiger partial charge < -0.3 is 19.1 Å². The zero-order chi connectivity index (χ0) is 16.2. The highest BCUT2D eigenvalue weighted by Crippen LogP contribution is 2.15. The van der Waals surface area contributed by atoms with Crippen LogP contribution in [0.3, 0.4) is 0 Å². The van der Waals surface area contributed by atoms with Gasteiger partial charge in [0, 0.05) is 45.6 Å². The molecule has 1 aliphatic rings. The van der Waals surface area contributed by atoms with Crippen LogP contribution >= 0.6 is 12.4 Å². The van der Waals surface area contributed by atoms with Crippen molar-refractivity contribution >= 4 is 24.3 Å². The van der Waals surface area contributed by atoms with Crippen molar-refractivity contribution in [1.29, 1.82) is 0 Å². The van der Waals surface area contributed by atoms with Gasteiger partial charge in [-0.3, -0.25) is 4.79 Å². The summed E-state index contributed by atoms with van der Waals surface area (Å²) in [6.45, 7) is 4.76. The molecule has 6 nitrogen and oxygen atoms in total. The second kappa shape index (κ2) is 8.06. The summed E-state index contributed by atoms with van der Waals surface area (Å²) in [5.41, 5.74) is 0. The Kier molecular flexibility index (Phi) is 6.09. The van der Waals surface area contributed by atoms with Crippen molar-refractivity contribution in [2.45, 2.75) is 13.0 Å². The lowest BCUT2D eigenvalue weighted by Crippen LogP contribution is -2.52. The van der Waals surface area contributed by atoms with Crippen molar-refractivity contribution in [2.75, 3.05) is 31.1 Å². The zero-order valence-electron chi connectivity index (χ0n) is 14.0. The van der Waals surface area contributed by atoms with Gasteiger partial charge in [0.2, 0.25) is 5.95 Å². The molecular formula is C17H23ClN4O2. The van der Waals surface area contributed by atoms with E-state index in [-0.39, 0.29) is 18.3 Å². The maximum Gasteiger partial charge on any atom is 0.263 e. The van der Waals surface area contributed by atoms with Crippen LogP contribution < -0.4 is 9.64 Å². The van der Waals surface area contributed by atoms with E-state index in [1.165, 1.54) is 0 Å². The van der Waals surface area contributed by atoms with E-state index in [1.54, 1.807) is 13.1 Å². The Morgan fingerprint density at radius 3 is 2.42 bits per heavy atom. The zero-order valence-corrected chi connectivity index (χ0v) is 14.8. The predicted molar refractivity (Wildman–Crippen MR) is 95.8 cm³/mol. The standard InChI is InChI=1S/C17H22N4O2.ClH/c1-14(23-15-6-4-3-5-7-15)16(22)20-10-12-21(13-11-20)17-18-8-9-19(17)2;/h3-9,14H,10-13H2,1-2H3;1H. The Morgan fingerprint density at radius 2 is 1.83 bits per heavy atom. The number of aryl methyl sites for hydroxylation is 1. The predicted octanol–water partition coefficient (Wildman–Crippen LogP) is 1.96. The molecule has 1 atom stereocenters. The maximum absolute atomic E-state index is 12.5. The van der Waals surface area contributed by atoms with E-state index in [4.69, 9.17) is 4.74 Å². The lowest BCUT2D eigenvalue weighted by atomic mass is 10.2. The summed E-state index contributed by atoms with van der Waals surface area (Å²) in [5, 5.41) is 0. The molecular weight excluding hydrogens is 328 g/mol. The summed E-state index contributed by atoms with van der Waals surface area (Å²) in [6, 6.07) is 9.46. The van der Waals surface area contributed by atoms with E-state index in [9.17, 15) is 4.79 Å². The van der Waals surface area contributed by atoms with Crippen molar-refractivity contribution in [3.63, 3.8) is 0 Å². The van der Waals surface area contributed by atoms with E-state index in [1.807, 2.05) is 53.0 Å². The van der Waals surface area contributed by atoms with Gasteiger partial charge in [0.1, 0.15) is 5.75 Å². The molecule has 130 valence electrons. The lowest BCUT2D eigenvalue weighted by Gasteiger charge is -2.36. The molecule has 0 spiro atoms. The van der Waals surface area contributed by atoms with Crippen molar-refractivity contribution in [3.05, 3.63) is 42.7 Å². The summed E-state index contributed by atoms with van der Waals surface area (Å²) < 4.78 is 7.72. The van der Waals surface area contributed by atoms with Crippen LogP contribution in [0.2, 0.25) is 0 Å². The first kappa shape index (κ1) is 18.1. The third kappa shape index (κ3) is 4.00. The van der Waals surface area contributed by atoms with E-state index < -0.39 is 6.10 Å². The number of rotatable bonds is 4. The topological polar surface area (TPSA) is 50.6 Å². The monoisotopic (exact) mass is 350 g/mol. The second-order valence-electron chi connectivity index (χ2n) is 5.72. The molecule has 2 heterocycles. The number of aromatic nitrogens is 2. The number of imidazole rings is 1. The Balaban J connectivity index is 0.00000208. The number of anilines is 1. The van der Waals surface area contributed by atoms with Crippen molar-refractivity contribution in [1.82, 2.24) is 14.5 Å². The number of hydrogen-bond acceptors (Lipinski definition) is 4. The molecule has 1 unspecified atom stereocenters. The number of halogens is 1. The van der Waals surface area contributed by atoms with Gasteiger partial charge in [0.25, 0.3) is 5.91 Å². The first-order valence-corrected chi connectivity index (χ1v) is 7.88. The molecule has 7 heteroatoms. The number of carbonyl (C=O) groups excluding carboxylic acids is 1. The van der Waals surface area contributed by atoms with Gasteiger partial charge in [-0.05, 0) is 19.1 Å².